The van der Waals surface area contributed by atoms with Gasteiger partial charge in [-0.25, -0.2) is 4.68 Å². The minimum Gasteiger partial charge on any atom is -0.497 e. The van der Waals surface area contributed by atoms with E-state index in [-0.39, 0.29) is 5.91 Å². The van der Waals surface area contributed by atoms with E-state index in [1.165, 1.54) is 16.4 Å². The second-order valence-corrected chi connectivity index (χ2v) is 9.08. The average molecular weight is 474 g/mol. The van der Waals surface area contributed by atoms with Crippen molar-refractivity contribution in [3.63, 3.8) is 0 Å². The summed E-state index contributed by atoms with van der Waals surface area (Å²) < 4.78 is 6.67. The van der Waals surface area contributed by atoms with Crippen molar-refractivity contribution >= 4 is 23.4 Å². The highest BCUT2D eigenvalue weighted by atomic mass is 32.2. The molecule has 1 atom stereocenters. The van der Waals surface area contributed by atoms with E-state index in [4.69, 9.17) is 10.6 Å². The Bertz CT molecular complexity index is 1270. The smallest absolute Gasteiger partial charge is 0.242 e. The Balaban J connectivity index is 1.57. The SMILES string of the molecule is COc1ccc(Cc2nnc(S[C@@H](C(=O)Nc3cc(C)ccc3C)c3ccccc3)n2N)cc1. The van der Waals surface area contributed by atoms with Crippen LogP contribution in [0.3, 0.4) is 0 Å². The van der Waals surface area contributed by atoms with E-state index in [9.17, 15) is 4.79 Å². The average Bonchev–Trinajstić information content (AvgIpc) is 3.19. The summed E-state index contributed by atoms with van der Waals surface area (Å²) in [6, 6.07) is 23.3. The van der Waals surface area contributed by atoms with E-state index < -0.39 is 5.25 Å². The van der Waals surface area contributed by atoms with Gasteiger partial charge < -0.3 is 15.9 Å². The molecule has 8 heteroatoms. The van der Waals surface area contributed by atoms with Gasteiger partial charge >= 0.3 is 0 Å². The lowest BCUT2D eigenvalue weighted by Gasteiger charge is -2.17. The maximum atomic E-state index is 13.4. The number of thioether (sulfide) groups is 1. The van der Waals surface area contributed by atoms with Crippen molar-refractivity contribution in [1.29, 1.82) is 0 Å². The third-order valence-electron chi connectivity index (χ3n) is 5.47. The quantitative estimate of drug-likeness (QED) is 0.285. The van der Waals surface area contributed by atoms with Crippen molar-refractivity contribution < 1.29 is 9.53 Å². The molecule has 1 amide bonds. The first-order valence-corrected chi connectivity index (χ1v) is 11.7. The van der Waals surface area contributed by atoms with Crippen LogP contribution in [0.15, 0.2) is 78.0 Å². The number of nitrogens with one attached hydrogen (secondary N) is 1. The number of hydrogen-bond donors (Lipinski definition) is 2. The number of hydrogen-bond acceptors (Lipinski definition) is 6. The van der Waals surface area contributed by atoms with Crippen molar-refractivity contribution in [3.8, 4) is 5.75 Å². The highest BCUT2D eigenvalue weighted by Crippen LogP contribution is 2.35. The predicted octanol–water partition coefficient (Wildman–Crippen LogP) is 4.68. The van der Waals surface area contributed by atoms with Crippen molar-refractivity contribution in [2.75, 3.05) is 18.3 Å². The molecule has 0 fully saturated rings. The van der Waals surface area contributed by atoms with Gasteiger partial charge in [-0.15, -0.1) is 10.2 Å². The fourth-order valence-corrected chi connectivity index (χ4v) is 4.49. The summed E-state index contributed by atoms with van der Waals surface area (Å²) in [6.45, 7) is 3.97. The van der Waals surface area contributed by atoms with Crippen LogP contribution >= 0.6 is 11.8 Å². The third-order valence-corrected chi connectivity index (χ3v) is 6.68. The first kappa shape index (κ1) is 23.4. The molecule has 0 aliphatic heterocycles. The zero-order valence-electron chi connectivity index (χ0n) is 19.4. The lowest BCUT2D eigenvalue weighted by Crippen LogP contribution is -2.21. The van der Waals surface area contributed by atoms with E-state index in [0.29, 0.717) is 17.4 Å². The van der Waals surface area contributed by atoms with Gasteiger partial charge in [-0.2, -0.15) is 0 Å². The molecule has 0 saturated carbocycles. The van der Waals surface area contributed by atoms with Gasteiger partial charge in [0.05, 0.1) is 7.11 Å². The van der Waals surface area contributed by atoms with Crippen LogP contribution < -0.4 is 15.9 Å². The number of benzene rings is 3. The van der Waals surface area contributed by atoms with E-state index in [2.05, 4.69) is 15.5 Å². The molecule has 1 aromatic heterocycles. The molecule has 0 radical (unpaired) electrons. The van der Waals surface area contributed by atoms with Crippen LogP contribution in [0.25, 0.3) is 0 Å². The van der Waals surface area contributed by atoms with Crippen LogP contribution in [-0.2, 0) is 11.2 Å². The zero-order chi connectivity index (χ0) is 24.1. The summed E-state index contributed by atoms with van der Waals surface area (Å²) in [5, 5.41) is 11.5. The van der Waals surface area contributed by atoms with Crippen molar-refractivity contribution in [1.82, 2.24) is 14.9 Å². The molecule has 174 valence electrons. The molecular formula is C26H27N5O2S. The maximum Gasteiger partial charge on any atom is 0.242 e. The van der Waals surface area contributed by atoms with Gasteiger partial charge in [-0.1, -0.05) is 66.4 Å². The fourth-order valence-electron chi connectivity index (χ4n) is 3.51. The second-order valence-electron chi connectivity index (χ2n) is 8.01. The van der Waals surface area contributed by atoms with Crippen molar-refractivity contribution in [3.05, 3.63) is 101 Å². The van der Waals surface area contributed by atoms with Crippen molar-refractivity contribution in [2.45, 2.75) is 30.7 Å². The van der Waals surface area contributed by atoms with Crippen LogP contribution in [0.5, 0.6) is 5.75 Å². The van der Waals surface area contributed by atoms with E-state index in [0.717, 1.165) is 33.7 Å². The molecule has 3 aromatic carbocycles. The van der Waals surface area contributed by atoms with Crippen LogP contribution in [0, 0.1) is 13.8 Å². The monoisotopic (exact) mass is 473 g/mol. The Morgan fingerprint density at radius 1 is 1.06 bits per heavy atom. The number of amides is 1. The number of carbonyl (C=O) groups is 1. The first-order valence-electron chi connectivity index (χ1n) is 10.9. The first-order chi connectivity index (χ1) is 16.4. The van der Waals surface area contributed by atoms with Gasteiger partial charge in [0.25, 0.3) is 0 Å². The number of ether oxygens (including phenoxy) is 1. The number of nitrogen functional groups attached to an aromatic ring is 1. The molecule has 34 heavy (non-hydrogen) atoms. The number of nitrogens with two attached hydrogens (primary N) is 1. The van der Waals surface area contributed by atoms with Crippen molar-refractivity contribution in [2.24, 2.45) is 0 Å². The summed E-state index contributed by atoms with van der Waals surface area (Å²) in [6.07, 6.45) is 0.513. The molecule has 3 N–H and O–H groups in total. The summed E-state index contributed by atoms with van der Waals surface area (Å²) in [5.74, 6) is 7.59. The van der Waals surface area contributed by atoms with Gasteiger partial charge in [0, 0.05) is 12.1 Å². The van der Waals surface area contributed by atoms with Gasteiger partial charge in [0.2, 0.25) is 11.1 Å². The Labute approximate surface area is 203 Å². The molecule has 0 bridgehead atoms. The van der Waals surface area contributed by atoms with E-state index in [1.54, 1.807) is 7.11 Å². The summed E-state index contributed by atoms with van der Waals surface area (Å²) in [7, 11) is 1.63. The minimum absolute atomic E-state index is 0.149. The molecular weight excluding hydrogens is 446 g/mol. The Morgan fingerprint density at radius 2 is 1.79 bits per heavy atom. The second kappa shape index (κ2) is 10.4. The third kappa shape index (κ3) is 5.40. The number of carbonyl (C=O) groups excluding carboxylic acids is 1. The van der Waals surface area contributed by atoms with Gasteiger partial charge in [-0.3, -0.25) is 4.79 Å². The minimum atomic E-state index is -0.554. The Hall–Kier alpha value is -3.78. The zero-order valence-corrected chi connectivity index (χ0v) is 20.2. The molecule has 4 aromatic rings. The maximum absolute atomic E-state index is 13.4. The summed E-state index contributed by atoms with van der Waals surface area (Å²) in [5.41, 5.74) is 4.76. The number of rotatable bonds is 8. The molecule has 0 saturated heterocycles. The van der Waals surface area contributed by atoms with Crippen LogP contribution in [-0.4, -0.2) is 27.9 Å². The molecule has 0 unspecified atom stereocenters. The lowest BCUT2D eigenvalue weighted by molar-refractivity contribution is -0.115. The number of aromatic nitrogens is 3. The molecule has 7 nitrogen and oxygen atoms in total. The highest BCUT2D eigenvalue weighted by Gasteiger charge is 2.26. The van der Waals surface area contributed by atoms with Gasteiger partial charge in [0.1, 0.15) is 11.0 Å². The molecule has 0 aliphatic rings. The fraction of sp³-hybridized carbons (Fsp3) is 0.192. The lowest BCUT2D eigenvalue weighted by atomic mass is 10.1. The predicted molar refractivity (Wildman–Crippen MR) is 136 cm³/mol. The van der Waals surface area contributed by atoms with Crippen LogP contribution in [0.2, 0.25) is 0 Å². The molecule has 4 rings (SSSR count). The molecule has 0 aliphatic carbocycles. The Morgan fingerprint density at radius 3 is 2.50 bits per heavy atom. The van der Waals surface area contributed by atoms with E-state index in [1.807, 2.05) is 86.6 Å². The normalized spacial score (nSPS) is 11.7. The highest BCUT2D eigenvalue weighted by molar-refractivity contribution is 8.00. The molecule has 1 heterocycles. The summed E-state index contributed by atoms with van der Waals surface area (Å²) >= 11 is 1.28. The number of methoxy groups -OCH3 is 1. The van der Waals surface area contributed by atoms with E-state index >= 15 is 0 Å². The number of anilines is 1. The largest absolute Gasteiger partial charge is 0.497 e. The van der Waals surface area contributed by atoms with Gasteiger partial charge in [0.15, 0.2) is 5.82 Å². The summed E-state index contributed by atoms with van der Waals surface area (Å²) in [4.78, 5) is 13.4. The topological polar surface area (TPSA) is 95.1 Å². The Kier molecular flexibility index (Phi) is 7.18. The number of nitrogens with zero attached hydrogens (tertiary/aromatic N) is 3. The molecule has 0 spiro atoms. The number of aryl methyl sites for hydroxylation is 2. The standard InChI is InChI=1S/C26H27N5O2S/c1-17-9-10-18(2)22(15-17)28-25(32)24(20-7-5-4-6-8-20)34-26-30-29-23(31(26)27)16-19-11-13-21(33-3)14-12-19/h4-15,24H,16,27H2,1-3H3,(H,28,32)/t24-/m1/s1. The van der Waals surface area contributed by atoms with Crippen LogP contribution in [0.1, 0.15) is 33.3 Å². The van der Waals surface area contributed by atoms with Gasteiger partial charge in [-0.05, 0) is 54.3 Å². The van der Waals surface area contributed by atoms with Crippen LogP contribution in [0.4, 0.5) is 5.69 Å².